The van der Waals surface area contributed by atoms with Crippen LogP contribution in [0.4, 0.5) is 11.5 Å². The van der Waals surface area contributed by atoms with E-state index in [1.807, 2.05) is 18.2 Å². The Bertz CT molecular complexity index is 518. The van der Waals surface area contributed by atoms with Crippen LogP contribution in [0.15, 0.2) is 42.9 Å². The fourth-order valence-electron chi connectivity index (χ4n) is 1.20. The van der Waals surface area contributed by atoms with Crippen LogP contribution in [0.3, 0.4) is 0 Å². The first-order valence-corrected chi connectivity index (χ1v) is 5.63. The number of hydrogen-bond donors (Lipinski definition) is 2. The fraction of sp³-hybridized carbons (Fsp3) is 0. The molecule has 1 aromatic heterocycles. The predicted molar refractivity (Wildman–Crippen MR) is 73.3 cm³/mol. The van der Waals surface area contributed by atoms with Crippen LogP contribution < -0.4 is 10.6 Å². The number of rotatable bonds is 2. The van der Waals surface area contributed by atoms with E-state index < -0.39 is 0 Å². The lowest BCUT2D eigenvalue weighted by Crippen LogP contribution is -2.19. The van der Waals surface area contributed by atoms with Crippen molar-refractivity contribution in [1.82, 2.24) is 9.97 Å². The first kappa shape index (κ1) is 11.8. The molecule has 0 bridgehead atoms. The highest BCUT2D eigenvalue weighted by molar-refractivity contribution is 7.80. The van der Waals surface area contributed by atoms with E-state index in [2.05, 4.69) is 20.6 Å². The highest BCUT2D eigenvalue weighted by atomic mass is 35.5. The van der Waals surface area contributed by atoms with Gasteiger partial charge in [0.25, 0.3) is 0 Å². The number of halogens is 1. The normalized spacial score (nSPS) is 9.71. The quantitative estimate of drug-likeness (QED) is 0.817. The van der Waals surface area contributed by atoms with Crippen LogP contribution in [-0.4, -0.2) is 15.1 Å². The van der Waals surface area contributed by atoms with Crippen LogP contribution in [0.2, 0.25) is 5.02 Å². The number of benzene rings is 1. The van der Waals surface area contributed by atoms with Crippen molar-refractivity contribution in [2.24, 2.45) is 0 Å². The van der Waals surface area contributed by atoms with Gasteiger partial charge in [-0.05, 0) is 24.4 Å². The number of aromatic nitrogens is 2. The molecule has 0 amide bonds. The Balaban J connectivity index is 2.01. The van der Waals surface area contributed by atoms with Gasteiger partial charge in [0.1, 0.15) is 0 Å². The molecule has 0 aliphatic carbocycles. The van der Waals surface area contributed by atoms with Crippen molar-refractivity contribution >= 4 is 40.4 Å². The monoisotopic (exact) mass is 264 g/mol. The average Bonchev–Trinajstić information content (AvgIpc) is 2.33. The minimum Gasteiger partial charge on any atom is -0.331 e. The molecule has 2 rings (SSSR count). The highest BCUT2D eigenvalue weighted by Crippen LogP contribution is 2.20. The van der Waals surface area contributed by atoms with Gasteiger partial charge in [0.2, 0.25) is 0 Å². The molecule has 2 aromatic rings. The summed E-state index contributed by atoms with van der Waals surface area (Å²) >= 11 is 11.1. The van der Waals surface area contributed by atoms with Crippen LogP contribution in [-0.2, 0) is 0 Å². The van der Waals surface area contributed by atoms with Crippen LogP contribution >= 0.6 is 23.8 Å². The Labute approximate surface area is 109 Å². The summed E-state index contributed by atoms with van der Waals surface area (Å²) in [5, 5.41) is 6.91. The van der Waals surface area contributed by atoms with E-state index in [0.29, 0.717) is 16.0 Å². The smallest absolute Gasteiger partial charge is 0.176 e. The lowest BCUT2D eigenvalue weighted by molar-refractivity contribution is 1.21. The summed E-state index contributed by atoms with van der Waals surface area (Å²) < 4.78 is 0. The van der Waals surface area contributed by atoms with Crippen molar-refractivity contribution in [3.63, 3.8) is 0 Å². The lowest BCUT2D eigenvalue weighted by atomic mass is 10.3. The summed E-state index contributed by atoms with van der Waals surface area (Å²) in [6.45, 7) is 0. The van der Waals surface area contributed by atoms with Gasteiger partial charge in [0.15, 0.2) is 10.9 Å². The summed E-state index contributed by atoms with van der Waals surface area (Å²) in [6.07, 6.45) is 4.76. The third kappa shape index (κ3) is 3.37. The second-order valence-electron chi connectivity index (χ2n) is 3.15. The number of hydrogen-bond acceptors (Lipinski definition) is 3. The van der Waals surface area contributed by atoms with E-state index in [9.17, 15) is 0 Å². The van der Waals surface area contributed by atoms with Crippen LogP contribution in [0, 0.1) is 0 Å². The molecular formula is C11H9ClN4S. The largest absolute Gasteiger partial charge is 0.331 e. The number of nitrogens with zero attached hydrogens (tertiary/aromatic N) is 2. The molecule has 0 fully saturated rings. The van der Waals surface area contributed by atoms with Gasteiger partial charge < -0.3 is 10.6 Å². The number of para-hydroxylation sites is 1. The number of anilines is 2. The summed E-state index contributed by atoms with van der Waals surface area (Å²) in [5.74, 6) is 0.581. The van der Waals surface area contributed by atoms with Gasteiger partial charge in [-0.1, -0.05) is 23.7 Å². The molecule has 0 saturated heterocycles. The maximum Gasteiger partial charge on any atom is 0.176 e. The molecule has 0 atom stereocenters. The Morgan fingerprint density at radius 2 is 2.00 bits per heavy atom. The van der Waals surface area contributed by atoms with Crippen molar-refractivity contribution in [1.29, 1.82) is 0 Å². The molecule has 0 saturated carbocycles. The third-order valence-electron chi connectivity index (χ3n) is 1.93. The fourth-order valence-corrected chi connectivity index (χ4v) is 1.59. The summed E-state index contributed by atoms with van der Waals surface area (Å²) in [5.41, 5.74) is 0.746. The summed E-state index contributed by atoms with van der Waals surface area (Å²) in [6, 6.07) is 7.35. The molecule has 0 radical (unpaired) electrons. The van der Waals surface area contributed by atoms with Crippen LogP contribution in [0.1, 0.15) is 0 Å². The van der Waals surface area contributed by atoms with Gasteiger partial charge >= 0.3 is 0 Å². The number of nitrogens with one attached hydrogen (secondary N) is 2. The molecular weight excluding hydrogens is 256 g/mol. The standard InChI is InChI=1S/C11H9ClN4S/c12-8-3-1-2-4-9(8)15-11(17)16-10-7-13-5-6-14-10/h1-7H,(H2,14,15,16,17). The Morgan fingerprint density at radius 3 is 2.71 bits per heavy atom. The Morgan fingerprint density at radius 1 is 1.18 bits per heavy atom. The maximum absolute atomic E-state index is 5.99. The molecule has 0 spiro atoms. The van der Waals surface area contributed by atoms with Crippen molar-refractivity contribution in [3.8, 4) is 0 Å². The molecule has 4 nitrogen and oxygen atoms in total. The van der Waals surface area contributed by atoms with Crippen LogP contribution in [0.5, 0.6) is 0 Å². The van der Waals surface area contributed by atoms with Gasteiger partial charge in [0.05, 0.1) is 16.9 Å². The van der Waals surface area contributed by atoms with Gasteiger partial charge in [-0.15, -0.1) is 0 Å². The molecule has 1 aromatic carbocycles. The van der Waals surface area contributed by atoms with Crippen molar-refractivity contribution in [3.05, 3.63) is 47.9 Å². The average molecular weight is 265 g/mol. The Kier molecular flexibility index (Phi) is 3.85. The summed E-state index contributed by atoms with van der Waals surface area (Å²) in [7, 11) is 0. The van der Waals surface area contributed by atoms with E-state index in [1.165, 1.54) is 0 Å². The van der Waals surface area contributed by atoms with E-state index >= 15 is 0 Å². The molecule has 0 unspecified atom stereocenters. The summed E-state index contributed by atoms with van der Waals surface area (Å²) in [4.78, 5) is 7.97. The Hall–Kier alpha value is -1.72. The zero-order chi connectivity index (χ0) is 12.1. The second-order valence-corrected chi connectivity index (χ2v) is 3.97. The second kappa shape index (κ2) is 5.56. The van der Waals surface area contributed by atoms with Gasteiger partial charge in [0, 0.05) is 12.4 Å². The number of thiocarbonyl (C=S) groups is 1. The highest BCUT2D eigenvalue weighted by Gasteiger charge is 2.02. The molecule has 17 heavy (non-hydrogen) atoms. The van der Waals surface area contributed by atoms with E-state index in [4.69, 9.17) is 23.8 Å². The first-order chi connectivity index (χ1) is 8.25. The zero-order valence-corrected chi connectivity index (χ0v) is 10.3. The molecule has 2 N–H and O–H groups in total. The molecule has 6 heteroatoms. The minimum atomic E-state index is 0.415. The molecule has 0 aliphatic heterocycles. The first-order valence-electron chi connectivity index (χ1n) is 4.84. The maximum atomic E-state index is 5.99. The van der Waals surface area contributed by atoms with Gasteiger partial charge in [-0.25, -0.2) is 4.98 Å². The van der Waals surface area contributed by atoms with Gasteiger partial charge in [-0.2, -0.15) is 0 Å². The van der Waals surface area contributed by atoms with Crippen molar-refractivity contribution in [2.75, 3.05) is 10.6 Å². The van der Waals surface area contributed by atoms with E-state index in [0.717, 1.165) is 5.69 Å². The predicted octanol–water partition coefficient (Wildman–Crippen LogP) is 2.94. The van der Waals surface area contributed by atoms with Crippen LogP contribution in [0.25, 0.3) is 0 Å². The topological polar surface area (TPSA) is 49.8 Å². The van der Waals surface area contributed by atoms with E-state index in [-0.39, 0.29) is 0 Å². The van der Waals surface area contributed by atoms with Gasteiger partial charge in [-0.3, -0.25) is 4.98 Å². The SMILES string of the molecule is S=C(Nc1cnccn1)Nc1ccccc1Cl. The molecule has 86 valence electrons. The molecule has 1 heterocycles. The van der Waals surface area contributed by atoms with Crippen molar-refractivity contribution < 1.29 is 0 Å². The van der Waals surface area contributed by atoms with E-state index in [1.54, 1.807) is 24.7 Å². The lowest BCUT2D eigenvalue weighted by Gasteiger charge is -2.10. The van der Waals surface area contributed by atoms with Crippen molar-refractivity contribution in [2.45, 2.75) is 0 Å². The third-order valence-corrected chi connectivity index (χ3v) is 2.46. The zero-order valence-electron chi connectivity index (χ0n) is 8.72. The molecule has 0 aliphatic rings. The minimum absolute atomic E-state index is 0.415.